The number of rotatable bonds is 3. The van der Waals surface area contributed by atoms with Crippen LogP contribution in [0.1, 0.15) is 20.7 Å². The molecule has 1 aromatic carbocycles. The van der Waals surface area contributed by atoms with Gasteiger partial charge in [0.2, 0.25) is 0 Å². The van der Waals surface area contributed by atoms with Crippen molar-refractivity contribution >= 4 is 31.7 Å². The maximum absolute atomic E-state index is 11.4. The molecule has 0 N–H and O–H groups in total. The van der Waals surface area contributed by atoms with Crippen molar-refractivity contribution in [1.29, 1.82) is 0 Å². The highest BCUT2D eigenvalue weighted by atomic mass is 35.7. The molecule has 0 heterocycles. The lowest BCUT2D eigenvalue weighted by Crippen LogP contribution is -2.10. The minimum absolute atomic E-state index is 0.0376. The van der Waals surface area contributed by atoms with Crippen LogP contribution in [0.15, 0.2) is 23.1 Å². The first-order valence-corrected chi connectivity index (χ1v) is 6.87. The topological polar surface area (TPSA) is 86.7 Å². The lowest BCUT2D eigenvalue weighted by molar-refractivity contribution is 0.0583. The van der Waals surface area contributed by atoms with Gasteiger partial charge in [-0.25, -0.2) is 18.0 Å². The molecule has 0 saturated heterocycles. The minimum atomic E-state index is -4.19. The average molecular weight is 293 g/mol. The fourth-order valence-electron chi connectivity index (χ4n) is 1.25. The summed E-state index contributed by atoms with van der Waals surface area (Å²) in [7, 11) is 3.25. The van der Waals surface area contributed by atoms with Crippen LogP contribution in [0.4, 0.5) is 0 Å². The first-order chi connectivity index (χ1) is 8.31. The Hall–Kier alpha value is -1.60. The fourth-order valence-corrected chi connectivity index (χ4v) is 2.31. The van der Waals surface area contributed by atoms with Crippen molar-refractivity contribution < 1.29 is 27.5 Å². The lowest BCUT2D eigenvalue weighted by Gasteiger charge is -2.06. The first-order valence-electron chi connectivity index (χ1n) is 4.56. The Bertz CT molecular complexity index is 592. The van der Waals surface area contributed by atoms with Gasteiger partial charge >= 0.3 is 11.9 Å². The zero-order valence-electron chi connectivity index (χ0n) is 9.47. The number of carbonyl (C=O) groups is 2. The molecule has 0 radical (unpaired) electrons. The zero-order chi connectivity index (χ0) is 13.9. The van der Waals surface area contributed by atoms with E-state index in [4.69, 9.17) is 10.7 Å². The molecule has 1 rings (SSSR count). The predicted molar refractivity (Wildman–Crippen MR) is 62.2 cm³/mol. The summed E-state index contributed by atoms with van der Waals surface area (Å²) in [5, 5.41) is 0. The van der Waals surface area contributed by atoms with E-state index in [-0.39, 0.29) is 11.1 Å². The van der Waals surface area contributed by atoms with Gasteiger partial charge in [-0.3, -0.25) is 0 Å². The van der Waals surface area contributed by atoms with Crippen molar-refractivity contribution in [3.05, 3.63) is 29.3 Å². The summed E-state index contributed by atoms with van der Waals surface area (Å²) in [5.41, 5.74) is -0.287. The Morgan fingerprint density at radius 3 is 2.11 bits per heavy atom. The second-order valence-corrected chi connectivity index (χ2v) is 5.67. The monoisotopic (exact) mass is 292 g/mol. The number of ether oxygens (including phenoxy) is 2. The highest BCUT2D eigenvalue weighted by molar-refractivity contribution is 8.13. The first kappa shape index (κ1) is 14.5. The molecule has 98 valence electrons. The Balaban J connectivity index is 3.49. The maximum atomic E-state index is 11.4. The number of halogens is 1. The quantitative estimate of drug-likeness (QED) is 0.614. The molecule has 18 heavy (non-hydrogen) atoms. The molecule has 0 saturated carbocycles. The third-order valence-corrected chi connectivity index (χ3v) is 3.43. The molecule has 0 aliphatic heterocycles. The molecule has 1 aromatic rings. The van der Waals surface area contributed by atoms with Crippen LogP contribution in [0.3, 0.4) is 0 Å². The Morgan fingerprint density at radius 1 is 1.11 bits per heavy atom. The van der Waals surface area contributed by atoms with E-state index in [9.17, 15) is 18.0 Å². The van der Waals surface area contributed by atoms with E-state index in [1.54, 1.807) is 0 Å². The van der Waals surface area contributed by atoms with Gasteiger partial charge in [0, 0.05) is 10.7 Å². The van der Waals surface area contributed by atoms with Crippen molar-refractivity contribution in [2.24, 2.45) is 0 Å². The van der Waals surface area contributed by atoms with E-state index >= 15 is 0 Å². The fraction of sp³-hybridized carbons (Fsp3) is 0.200. The van der Waals surface area contributed by atoms with E-state index in [1.807, 2.05) is 0 Å². The zero-order valence-corrected chi connectivity index (χ0v) is 11.0. The molecule has 6 nitrogen and oxygen atoms in total. The summed E-state index contributed by atoms with van der Waals surface area (Å²) in [5.74, 6) is -1.61. The summed E-state index contributed by atoms with van der Waals surface area (Å²) in [4.78, 5) is 22.1. The van der Waals surface area contributed by atoms with Gasteiger partial charge in [-0.05, 0) is 18.2 Å². The van der Waals surface area contributed by atoms with Crippen molar-refractivity contribution in [3.63, 3.8) is 0 Å². The van der Waals surface area contributed by atoms with Gasteiger partial charge in [-0.2, -0.15) is 0 Å². The standard InChI is InChI=1S/C10H9ClO6S/c1-16-9(12)6-3-4-7(10(13)17-2)8(5-6)18(11,14)15/h3-5H,1-2H3. The van der Waals surface area contributed by atoms with Crippen LogP contribution in [-0.4, -0.2) is 34.6 Å². The van der Waals surface area contributed by atoms with E-state index in [2.05, 4.69) is 9.47 Å². The van der Waals surface area contributed by atoms with E-state index in [0.717, 1.165) is 26.4 Å². The van der Waals surface area contributed by atoms with Crippen molar-refractivity contribution in [3.8, 4) is 0 Å². The van der Waals surface area contributed by atoms with Gasteiger partial charge in [-0.1, -0.05) is 0 Å². The van der Waals surface area contributed by atoms with Gasteiger partial charge in [0.05, 0.1) is 30.2 Å². The summed E-state index contributed by atoms with van der Waals surface area (Å²) in [6.45, 7) is 0. The number of carbonyl (C=O) groups excluding carboxylic acids is 2. The largest absolute Gasteiger partial charge is 0.465 e. The smallest absolute Gasteiger partial charge is 0.339 e. The number of hydrogen-bond donors (Lipinski definition) is 0. The maximum Gasteiger partial charge on any atom is 0.339 e. The number of methoxy groups -OCH3 is 2. The van der Waals surface area contributed by atoms with E-state index in [0.29, 0.717) is 0 Å². The van der Waals surface area contributed by atoms with Crippen LogP contribution in [0.2, 0.25) is 0 Å². The Labute approximate surface area is 108 Å². The second kappa shape index (κ2) is 5.36. The number of hydrogen-bond acceptors (Lipinski definition) is 6. The van der Waals surface area contributed by atoms with E-state index < -0.39 is 25.9 Å². The molecule has 0 unspecified atom stereocenters. The second-order valence-electron chi connectivity index (χ2n) is 3.13. The third kappa shape index (κ3) is 2.99. The van der Waals surface area contributed by atoms with Crippen LogP contribution in [0.25, 0.3) is 0 Å². The van der Waals surface area contributed by atoms with Gasteiger partial charge in [0.25, 0.3) is 9.05 Å². The molecule has 0 aliphatic rings. The molecular weight excluding hydrogens is 284 g/mol. The SMILES string of the molecule is COC(=O)c1ccc(C(=O)OC)c(S(=O)(=O)Cl)c1. The van der Waals surface area contributed by atoms with Gasteiger partial charge in [0.1, 0.15) is 0 Å². The van der Waals surface area contributed by atoms with Crippen molar-refractivity contribution in [2.45, 2.75) is 4.90 Å². The lowest BCUT2D eigenvalue weighted by atomic mass is 10.1. The summed E-state index contributed by atoms with van der Waals surface area (Å²) in [6.07, 6.45) is 0. The van der Waals surface area contributed by atoms with Gasteiger partial charge in [0.15, 0.2) is 0 Å². The summed E-state index contributed by atoms with van der Waals surface area (Å²) in [6, 6.07) is 3.33. The third-order valence-electron chi connectivity index (χ3n) is 2.07. The van der Waals surface area contributed by atoms with Crippen LogP contribution >= 0.6 is 10.7 Å². The van der Waals surface area contributed by atoms with Crippen molar-refractivity contribution in [2.75, 3.05) is 14.2 Å². The Kier molecular flexibility index (Phi) is 4.31. The molecule has 0 amide bonds. The summed E-state index contributed by atoms with van der Waals surface area (Å²) >= 11 is 0. The van der Waals surface area contributed by atoms with Crippen LogP contribution in [-0.2, 0) is 18.5 Å². The summed E-state index contributed by atoms with van der Waals surface area (Å²) < 4.78 is 31.5. The number of benzene rings is 1. The Morgan fingerprint density at radius 2 is 1.67 bits per heavy atom. The molecular formula is C10H9ClO6S. The molecule has 0 spiro atoms. The predicted octanol–water partition coefficient (Wildman–Crippen LogP) is 1.19. The number of esters is 2. The van der Waals surface area contributed by atoms with Crippen LogP contribution in [0, 0.1) is 0 Å². The average Bonchev–Trinajstić information content (AvgIpc) is 2.35. The highest BCUT2D eigenvalue weighted by Gasteiger charge is 2.23. The van der Waals surface area contributed by atoms with Crippen LogP contribution in [0.5, 0.6) is 0 Å². The van der Waals surface area contributed by atoms with E-state index in [1.165, 1.54) is 6.07 Å². The molecule has 0 fully saturated rings. The molecule has 0 aromatic heterocycles. The normalized spacial score (nSPS) is 10.8. The molecule has 8 heteroatoms. The van der Waals surface area contributed by atoms with Gasteiger partial charge < -0.3 is 9.47 Å². The molecule has 0 atom stereocenters. The van der Waals surface area contributed by atoms with Crippen LogP contribution < -0.4 is 0 Å². The van der Waals surface area contributed by atoms with Gasteiger partial charge in [-0.15, -0.1) is 0 Å². The molecule has 0 bridgehead atoms. The molecule has 0 aliphatic carbocycles. The highest BCUT2D eigenvalue weighted by Crippen LogP contribution is 2.22. The van der Waals surface area contributed by atoms with Crippen molar-refractivity contribution in [1.82, 2.24) is 0 Å². The minimum Gasteiger partial charge on any atom is -0.465 e.